The molecule has 2 aliphatic rings. The molecule has 0 spiro atoms. The number of carbonyl (C=O) groups is 3. The van der Waals surface area contributed by atoms with Crippen molar-refractivity contribution in [1.82, 2.24) is 0 Å². The van der Waals surface area contributed by atoms with E-state index in [1.54, 1.807) is 0 Å². The molecule has 0 saturated carbocycles. The molecule has 0 aromatic rings. The van der Waals surface area contributed by atoms with Gasteiger partial charge in [-0.05, 0) is 0 Å². The Morgan fingerprint density at radius 1 is 0.971 bits per heavy atom. The van der Waals surface area contributed by atoms with Gasteiger partial charge in [-0.1, -0.05) is 0 Å². The SMILES string of the molecule is CC(=O)OC(=O)C(CC(=O)O)OC[C@H]1O[C@H](O[C@]2(CO)O[C@H](CO)[C@@H](O)[C@@H]2O)[C@H](O)[C@@H](O)[C@@H]1O. The summed E-state index contributed by atoms with van der Waals surface area (Å²) in [5.41, 5.74) is 0. The van der Waals surface area contributed by atoms with E-state index in [0.29, 0.717) is 0 Å². The lowest BCUT2D eigenvalue weighted by Crippen LogP contribution is -2.63. The molecule has 196 valence electrons. The van der Waals surface area contributed by atoms with E-state index in [1.807, 2.05) is 0 Å². The molecule has 1 unspecified atom stereocenters. The van der Waals surface area contributed by atoms with Crippen LogP contribution in [0.2, 0.25) is 0 Å². The fraction of sp³-hybridized carbons (Fsp3) is 0.833. The van der Waals surface area contributed by atoms with Crippen molar-refractivity contribution in [3.63, 3.8) is 0 Å². The molecule has 16 nitrogen and oxygen atoms in total. The minimum atomic E-state index is -2.40. The Hall–Kier alpha value is -1.83. The average molecular weight is 500 g/mol. The lowest BCUT2D eigenvalue weighted by Gasteiger charge is -2.43. The van der Waals surface area contributed by atoms with Gasteiger partial charge in [0.25, 0.3) is 0 Å². The Labute approximate surface area is 191 Å². The number of aliphatic hydroxyl groups is 7. The van der Waals surface area contributed by atoms with E-state index in [0.717, 1.165) is 6.92 Å². The molecule has 0 aromatic carbocycles. The van der Waals surface area contributed by atoms with Crippen molar-refractivity contribution < 1.29 is 78.9 Å². The minimum Gasteiger partial charge on any atom is -0.481 e. The summed E-state index contributed by atoms with van der Waals surface area (Å²) in [5.74, 6) is -6.25. The monoisotopic (exact) mass is 500 g/mol. The third-order valence-electron chi connectivity index (χ3n) is 5.22. The molecular formula is C18H28O16. The van der Waals surface area contributed by atoms with Crippen LogP contribution in [0.3, 0.4) is 0 Å². The molecule has 0 radical (unpaired) electrons. The number of esters is 2. The van der Waals surface area contributed by atoms with Gasteiger partial charge >= 0.3 is 17.9 Å². The minimum absolute atomic E-state index is 0.767. The van der Waals surface area contributed by atoms with Crippen molar-refractivity contribution in [3.8, 4) is 0 Å². The number of carboxylic acid groups (broad SMARTS) is 1. The first kappa shape index (κ1) is 28.4. The highest BCUT2D eigenvalue weighted by Crippen LogP contribution is 2.36. The lowest BCUT2D eigenvalue weighted by atomic mass is 9.98. The summed E-state index contributed by atoms with van der Waals surface area (Å²) in [4.78, 5) is 33.9. The molecule has 16 heteroatoms. The van der Waals surface area contributed by atoms with Gasteiger partial charge in [-0.3, -0.25) is 9.59 Å². The molecule has 0 aliphatic carbocycles. The second kappa shape index (κ2) is 11.7. The zero-order chi connectivity index (χ0) is 25.8. The van der Waals surface area contributed by atoms with Crippen LogP contribution in [0.15, 0.2) is 0 Å². The van der Waals surface area contributed by atoms with Crippen LogP contribution in [0.4, 0.5) is 0 Å². The van der Waals surface area contributed by atoms with Gasteiger partial charge in [0.1, 0.15) is 49.3 Å². The number of carboxylic acids is 1. The third kappa shape index (κ3) is 6.23. The van der Waals surface area contributed by atoms with E-state index >= 15 is 0 Å². The van der Waals surface area contributed by atoms with Crippen LogP contribution in [0.5, 0.6) is 0 Å². The van der Waals surface area contributed by atoms with Gasteiger partial charge in [-0.25, -0.2) is 4.79 Å². The molecule has 2 saturated heterocycles. The van der Waals surface area contributed by atoms with E-state index in [9.17, 15) is 50.1 Å². The number of aliphatic hydroxyl groups excluding tert-OH is 7. The summed E-state index contributed by atoms with van der Waals surface area (Å²) < 4.78 is 25.2. The molecule has 2 aliphatic heterocycles. The highest BCUT2D eigenvalue weighted by atomic mass is 16.8. The van der Waals surface area contributed by atoms with Gasteiger partial charge in [0.05, 0.1) is 19.6 Å². The smallest absolute Gasteiger partial charge is 0.343 e. The van der Waals surface area contributed by atoms with Crippen LogP contribution < -0.4 is 0 Å². The van der Waals surface area contributed by atoms with Crippen molar-refractivity contribution in [2.45, 2.75) is 74.3 Å². The molecule has 2 heterocycles. The van der Waals surface area contributed by atoms with Gasteiger partial charge < -0.3 is 64.5 Å². The molecule has 8 N–H and O–H groups in total. The number of aliphatic carboxylic acids is 1. The molecule has 0 aromatic heterocycles. The van der Waals surface area contributed by atoms with Crippen molar-refractivity contribution in [3.05, 3.63) is 0 Å². The molecule has 0 amide bonds. The summed E-state index contributed by atoms with van der Waals surface area (Å²) in [5, 5.41) is 78.6. The fourth-order valence-electron chi connectivity index (χ4n) is 3.41. The second-order valence-corrected chi connectivity index (χ2v) is 7.71. The van der Waals surface area contributed by atoms with Gasteiger partial charge in [-0.2, -0.15) is 0 Å². The van der Waals surface area contributed by atoms with Crippen LogP contribution in [0.25, 0.3) is 0 Å². The lowest BCUT2D eigenvalue weighted by molar-refractivity contribution is -0.384. The van der Waals surface area contributed by atoms with E-state index in [-0.39, 0.29) is 0 Å². The largest absolute Gasteiger partial charge is 0.481 e. The molecule has 34 heavy (non-hydrogen) atoms. The number of rotatable bonds is 10. The van der Waals surface area contributed by atoms with E-state index < -0.39 is 105 Å². The average Bonchev–Trinajstić information content (AvgIpc) is 3.01. The Kier molecular flexibility index (Phi) is 9.80. The highest BCUT2D eigenvalue weighted by molar-refractivity contribution is 5.89. The summed E-state index contributed by atoms with van der Waals surface area (Å²) in [6.07, 6.45) is -17.0. The first-order valence-electron chi connectivity index (χ1n) is 10.1. The zero-order valence-corrected chi connectivity index (χ0v) is 17.9. The number of hydrogen-bond donors (Lipinski definition) is 8. The number of carbonyl (C=O) groups excluding carboxylic acids is 2. The van der Waals surface area contributed by atoms with E-state index in [1.165, 1.54) is 0 Å². The maximum absolute atomic E-state index is 11.9. The van der Waals surface area contributed by atoms with Crippen molar-refractivity contribution in [2.75, 3.05) is 19.8 Å². The maximum atomic E-state index is 11.9. The molecule has 2 fully saturated rings. The predicted molar refractivity (Wildman–Crippen MR) is 100 cm³/mol. The number of ether oxygens (including phenoxy) is 5. The van der Waals surface area contributed by atoms with Gasteiger partial charge in [-0.15, -0.1) is 0 Å². The quantitative estimate of drug-likeness (QED) is 0.103. The predicted octanol–water partition coefficient (Wildman–Crippen LogP) is -5.44. The van der Waals surface area contributed by atoms with Crippen molar-refractivity contribution in [2.24, 2.45) is 0 Å². The van der Waals surface area contributed by atoms with Gasteiger partial charge in [0.15, 0.2) is 12.4 Å². The first-order chi connectivity index (χ1) is 15.9. The van der Waals surface area contributed by atoms with E-state index in [2.05, 4.69) is 4.74 Å². The molecule has 0 bridgehead atoms. The fourth-order valence-corrected chi connectivity index (χ4v) is 3.41. The normalized spacial score (nSPS) is 38.9. The van der Waals surface area contributed by atoms with Gasteiger partial charge in [0, 0.05) is 6.92 Å². The highest BCUT2D eigenvalue weighted by Gasteiger charge is 2.58. The Balaban J connectivity index is 2.15. The summed E-state index contributed by atoms with van der Waals surface area (Å²) in [6, 6.07) is 0. The number of hydrogen-bond acceptors (Lipinski definition) is 15. The van der Waals surface area contributed by atoms with Crippen molar-refractivity contribution >= 4 is 17.9 Å². The molecular weight excluding hydrogens is 472 g/mol. The first-order valence-corrected chi connectivity index (χ1v) is 10.1. The van der Waals surface area contributed by atoms with Crippen molar-refractivity contribution in [1.29, 1.82) is 0 Å². The van der Waals surface area contributed by atoms with Crippen LogP contribution in [-0.4, -0.2) is 139 Å². The van der Waals surface area contributed by atoms with E-state index in [4.69, 9.17) is 24.1 Å². The van der Waals surface area contributed by atoms with Gasteiger partial charge in [0.2, 0.25) is 5.79 Å². The Morgan fingerprint density at radius 2 is 1.62 bits per heavy atom. The Morgan fingerprint density at radius 3 is 2.12 bits per heavy atom. The summed E-state index contributed by atoms with van der Waals surface area (Å²) >= 11 is 0. The molecule has 2 rings (SSSR count). The molecule has 10 atom stereocenters. The standard InChI is InChI=1S/C18H28O16/c1-6(21)31-16(29)7(2-10(22)23)30-4-9-11(24)13(26)14(27)17(32-9)34-18(5-20)15(28)12(25)8(3-19)33-18/h7-9,11-15,17,19-20,24-28H,2-5H2,1H3,(H,22,23)/t7?,8-,9-,11-,12-,13+,14-,15+,17-,18+/m1/s1. The topological polar surface area (TPSA) is 259 Å². The van der Waals surface area contributed by atoms with Crippen LogP contribution in [-0.2, 0) is 38.1 Å². The van der Waals surface area contributed by atoms with Crippen LogP contribution >= 0.6 is 0 Å². The van der Waals surface area contributed by atoms with Crippen LogP contribution in [0.1, 0.15) is 13.3 Å². The summed E-state index contributed by atoms with van der Waals surface area (Å²) in [6.45, 7) is -1.73. The van der Waals surface area contributed by atoms with Crippen LogP contribution in [0, 0.1) is 0 Å². The third-order valence-corrected chi connectivity index (χ3v) is 5.22. The summed E-state index contributed by atoms with van der Waals surface area (Å²) in [7, 11) is 0. The Bertz CT molecular complexity index is 731. The second-order valence-electron chi connectivity index (χ2n) is 7.71. The zero-order valence-electron chi connectivity index (χ0n) is 17.9. The maximum Gasteiger partial charge on any atom is 0.343 e.